The number of ether oxygens (including phenoxy) is 1. The third kappa shape index (κ3) is 5.51. The highest BCUT2D eigenvalue weighted by Gasteiger charge is 2.17. The number of hydrogen-bond acceptors (Lipinski definition) is 6. The van der Waals surface area contributed by atoms with Crippen molar-refractivity contribution in [2.24, 2.45) is 0 Å². The van der Waals surface area contributed by atoms with E-state index in [2.05, 4.69) is 22.2 Å². The van der Waals surface area contributed by atoms with E-state index in [1.54, 1.807) is 50.1 Å². The van der Waals surface area contributed by atoms with Crippen molar-refractivity contribution in [3.05, 3.63) is 47.4 Å². The van der Waals surface area contributed by atoms with Gasteiger partial charge in [0.15, 0.2) is 0 Å². The minimum atomic E-state index is -0.415. The Kier molecular flexibility index (Phi) is 7.28. The van der Waals surface area contributed by atoms with Crippen LogP contribution in [0.2, 0.25) is 0 Å². The topological polar surface area (TPSA) is 84.4 Å². The zero-order valence-corrected chi connectivity index (χ0v) is 16.3. The van der Waals surface area contributed by atoms with Crippen LogP contribution in [-0.4, -0.2) is 46.9 Å². The number of rotatable bonds is 8. The van der Waals surface area contributed by atoms with Crippen LogP contribution in [-0.2, 0) is 4.74 Å². The Hall–Kier alpha value is -2.96. The average molecular weight is 370 g/mol. The zero-order chi connectivity index (χ0) is 19.8. The van der Waals surface area contributed by atoms with E-state index in [1.165, 1.54) is 0 Å². The lowest BCUT2D eigenvalue weighted by atomic mass is 10.2. The van der Waals surface area contributed by atoms with E-state index in [1.807, 2.05) is 6.07 Å². The summed E-state index contributed by atoms with van der Waals surface area (Å²) in [6.07, 6.45) is 1.95. The molecule has 0 aliphatic heterocycles. The molecule has 0 spiro atoms. The van der Waals surface area contributed by atoms with E-state index < -0.39 is 5.97 Å². The summed E-state index contributed by atoms with van der Waals surface area (Å²) in [5, 5.41) is 3.11. The van der Waals surface area contributed by atoms with Crippen LogP contribution < -0.4 is 5.32 Å². The van der Waals surface area contributed by atoms with Crippen molar-refractivity contribution in [1.82, 2.24) is 14.9 Å². The third-order valence-electron chi connectivity index (χ3n) is 3.94. The Morgan fingerprint density at radius 1 is 1.19 bits per heavy atom. The highest BCUT2D eigenvalue weighted by atomic mass is 16.5. The highest BCUT2D eigenvalue weighted by Crippen LogP contribution is 2.21. The van der Waals surface area contributed by atoms with Gasteiger partial charge in [-0.3, -0.25) is 4.79 Å². The van der Waals surface area contributed by atoms with Crippen LogP contribution >= 0.6 is 0 Å². The fourth-order valence-electron chi connectivity index (χ4n) is 2.55. The molecule has 0 unspecified atom stereocenters. The maximum atomic E-state index is 12.6. The van der Waals surface area contributed by atoms with E-state index in [0.717, 1.165) is 12.8 Å². The van der Waals surface area contributed by atoms with E-state index in [-0.39, 0.29) is 5.91 Å². The molecule has 0 radical (unpaired) electrons. The minimum absolute atomic E-state index is 0.157. The first-order chi connectivity index (χ1) is 13.0. The SMILES string of the molecule is CCCCN(C)C(=O)c1cc(Nc2ccccc2C(=O)OCC)nc(C)n1. The van der Waals surface area contributed by atoms with Gasteiger partial charge in [0.05, 0.1) is 17.9 Å². The lowest BCUT2D eigenvalue weighted by molar-refractivity contribution is 0.0527. The molecule has 0 saturated carbocycles. The van der Waals surface area contributed by atoms with Crippen molar-refractivity contribution >= 4 is 23.4 Å². The number of unbranched alkanes of at least 4 members (excludes halogenated alkanes) is 1. The monoisotopic (exact) mass is 370 g/mol. The normalized spacial score (nSPS) is 10.4. The zero-order valence-electron chi connectivity index (χ0n) is 16.3. The molecule has 1 aromatic carbocycles. The van der Waals surface area contributed by atoms with Crippen LogP contribution in [0, 0.1) is 6.92 Å². The number of esters is 1. The lowest BCUT2D eigenvalue weighted by Crippen LogP contribution is -2.28. The van der Waals surface area contributed by atoms with Gasteiger partial charge >= 0.3 is 5.97 Å². The van der Waals surface area contributed by atoms with Crippen LogP contribution in [0.15, 0.2) is 30.3 Å². The van der Waals surface area contributed by atoms with Gasteiger partial charge < -0.3 is 15.0 Å². The molecule has 0 atom stereocenters. The summed E-state index contributed by atoms with van der Waals surface area (Å²) >= 11 is 0. The molecular formula is C20H26N4O3. The fraction of sp³-hybridized carbons (Fsp3) is 0.400. The van der Waals surface area contributed by atoms with E-state index >= 15 is 0 Å². The Morgan fingerprint density at radius 2 is 1.93 bits per heavy atom. The van der Waals surface area contributed by atoms with Crippen LogP contribution in [0.3, 0.4) is 0 Å². The molecule has 27 heavy (non-hydrogen) atoms. The number of anilines is 2. The van der Waals surface area contributed by atoms with Gasteiger partial charge in [0, 0.05) is 19.7 Å². The molecular weight excluding hydrogens is 344 g/mol. The van der Waals surface area contributed by atoms with E-state index in [9.17, 15) is 9.59 Å². The number of carbonyl (C=O) groups is 2. The van der Waals surface area contributed by atoms with Gasteiger partial charge in [0.1, 0.15) is 17.3 Å². The first-order valence-electron chi connectivity index (χ1n) is 9.10. The Labute approximate surface area is 159 Å². The number of carbonyl (C=O) groups excluding carboxylic acids is 2. The van der Waals surface area contributed by atoms with Crippen molar-refractivity contribution in [2.75, 3.05) is 25.5 Å². The molecule has 1 N–H and O–H groups in total. The van der Waals surface area contributed by atoms with E-state index in [0.29, 0.717) is 41.7 Å². The second kappa shape index (κ2) is 9.66. The van der Waals surface area contributed by atoms with Gasteiger partial charge in [0.25, 0.3) is 5.91 Å². The largest absolute Gasteiger partial charge is 0.462 e. The standard InChI is InChI=1S/C20H26N4O3/c1-5-7-12-24(4)19(25)17-13-18(22-14(3)21-17)23-16-11-9-8-10-15(16)20(26)27-6-2/h8-11,13H,5-7,12H2,1-4H3,(H,21,22,23). The maximum Gasteiger partial charge on any atom is 0.340 e. The Balaban J connectivity index is 2.27. The number of amides is 1. The van der Waals surface area contributed by atoms with Crippen molar-refractivity contribution in [2.45, 2.75) is 33.6 Å². The number of aryl methyl sites for hydroxylation is 1. The number of nitrogens with one attached hydrogen (secondary N) is 1. The van der Waals surface area contributed by atoms with Crippen LogP contribution in [0.1, 0.15) is 53.4 Å². The van der Waals surface area contributed by atoms with Gasteiger partial charge in [-0.2, -0.15) is 0 Å². The van der Waals surface area contributed by atoms with Gasteiger partial charge in [0.2, 0.25) is 0 Å². The second-order valence-corrected chi connectivity index (χ2v) is 6.16. The Morgan fingerprint density at radius 3 is 2.63 bits per heavy atom. The molecule has 2 rings (SSSR count). The van der Waals surface area contributed by atoms with Gasteiger partial charge in [-0.15, -0.1) is 0 Å². The quantitative estimate of drug-likeness (QED) is 0.715. The van der Waals surface area contributed by atoms with Crippen molar-refractivity contribution in [3.8, 4) is 0 Å². The molecule has 7 heteroatoms. The predicted molar refractivity (Wildman–Crippen MR) is 104 cm³/mol. The molecule has 0 aliphatic rings. The number of nitrogens with zero attached hydrogens (tertiary/aromatic N) is 3. The number of hydrogen-bond donors (Lipinski definition) is 1. The molecule has 1 heterocycles. The summed E-state index contributed by atoms with van der Waals surface area (Å²) in [5.74, 6) is 0.352. The molecule has 0 fully saturated rings. The summed E-state index contributed by atoms with van der Waals surface area (Å²) < 4.78 is 5.09. The summed E-state index contributed by atoms with van der Waals surface area (Å²) in [4.78, 5) is 35.0. The fourth-order valence-corrected chi connectivity index (χ4v) is 2.55. The molecule has 0 aliphatic carbocycles. The highest BCUT2D eigenvalue weighted by molar-refractivity contribution is 5.97. The predicted octanol–water partition coefficient (Wildman–Crippen LogP) is 3.58. The molecule has 144 valence electrons. The molecule has 2 aromatic rings. The summed E-state index contributed by atoms with van der Waals surface area (Å²) in [6.45, 7) is 6.53. The van der Waals surface area contributed by atoms with Crippen LogP contribution in [0.4, 0.5) is 11.5 Å². The van der Waals surface area contributed by atoms with Gasteiger partial charge in [-0.25, -0.2) is 14.8 Å². The van der Waals surface area contributed by atoms with E-state index in [4.69, 9.17) is 4.74 Å². The number of benzene rings is 1. The molecule has 1 aromatic heterocycles. The first-order valence-corrected chi connectivity index (χ1v) is 9.10. The number of aromatic nitrogens is 2. The Bertz CT molecular complexity index is 808. The molecule has 7 nitrogen and oxygen atoms in total. The second-order valence-electron chi connectivity index (χ2n) is 6.16. The van der Waals surface area contributed by atoms with Crippen molar-refractivity contribution < 1.29 is 14.3 Å². The summed E-state index contributed by atoms with van der Waals surface area (Å²) in [6, 6.07) is 8.61. The third-order valence-corrected chi connectivity index (χ3v) is 3.94. The molecule has 0 saturated heterocycles. The van der Waals surface area contributed by atoms with Gasteiger partial charge in [-0.05, 0) is 32.4 Å². The van der Waals surface area contributed by atoms with Crippen LogP contribution in [0.5, 0.6) is 0 Å². The average Bonchev–Trinajstić information content (AvgIpc) is 2.65. The lowest BCUT2D eigenvalue weighted by Gasteiger charge is -2.17. The maximum absolute atomic E-state index is 12.6. The van der Waals surface area contributed by atoms with Crippen LogP contribution in [0.25, 0.3) is 0 Å². The summed E-state index contributed by atoms with van der Waals surface area (Å²) in [5.41, 5.74) is 1.28. The molecule has 1 amide bonds. The summed E-state index contributed by atoms with van der Waals surface area (Å²) in [7, 11) is 1.76. The molecule has 0 bridgehead atoms. The smallest absolute Gasteiger partial charge is 0.340 e. The van der Waals surface area contributed by atoms with Crippen molar-refractivity contribution in [3.63, 3.8) is 0 Å². The number of para-hydroxylation sites is 1. The van der Waals surface area contributed by atoms with Gasteiger partial charge in [-0.1, -0.05) is 25.5 Å². The first kappa shape index (κ1) is 20.4. The minimum Gasteiger partial charge on any atom is -0.462 e. The van der Waals surface area contributed by atoms with Crippen molar-refractivity contribution in [1.29, 1.82) is 0 Å².